The van der Waals surface area contributed by atoms with Crippen molar-refractivity contribution in [3.05, 3.63) is 66.4 Å². The van der Waals surface area contributed by atoms with Crippen molar-refractivity contribution < 1.29 is 18.0 Å². The van der Waals surface area contributed by atoms with E-state index in [1.54, 1.807) is 31.6 Å². The first kappa shape index (κ1) is 21.3. The van der Waals surface area contributed by atoms with E-state index < -0.39 is 11.9 Å². The molecule has 170 valence electrons. The van der Waals surface area contributed by atoms with Gasteiger partial charge >= 0.3 is 6.18 Å². The Bertz CT molecular complexity index is 1150. The second-order valence-corrected chi connectivity index (χ2v) is 8.42. The molecule has 3 atom stereocenters. The molecule has 10 heteroatoms. The highest BCUT2D eigenvalue weighted by Crippen LogP contribution is 2.42. The molecule has 1 saturated carbocycles. The third kappa shape index (κ3) is 3.90. The number of nitrogens with zero attached hydrogens (tertiary/aromatic N) is 6. The molecule has 3 aromatic rings. The summed E-state index contributed by atoms with van der Waals surface area (Å²) in [6, 6.07) is 8.87. The van der Waals surface area contributed by atoms with E-state index in [1.807, 2.05) is 28.0 Å². The number of halogens is 3. The maximum absolute atomic E-state index is 13.6. The van der Waals surface area contributed by atoms with Crippen molar-refractivity contribution in [2.45, 2.75) is 31.1 Å². The Morgan fingerprint density at radius 2 is 1.79 bits per heavy atom. The minimum Gasteiger partial charge on any atom is -0.353 e. The number of anilines is 1. The maximum Gasteiger partial charge on any atom is 0.434 e. The fourth-order valence-electron chi connectivity index (χ4n) is 4.92. The van der Waals surface area contributed by atoms with E-state index in [9.17, 15) is 18.0 Å². The summed E-state index contributed by atoms with van der Waals surface area (Å²) in [5.41, 5.74) is 0.181. The normalized spacial score (nSPS) is 21.9. The lowest BCUT2D eigenvalue weighted by Gasteiger charge is -2.38. The summed E-state index contributed by atoms with van der Waals surface area (Å²) in [7, 11) is 1.79. The minimum atomic E-state index is -4.53. The first-order valence-electron chi connectivity index (χ1n) is 10.6. The number of fused-ring (bicyclic) bond motifs is 2. The number of hydrogen-bond donors (Lipinski definition) is 0. The number of rotatable bonds is 4. The molecule has 1 aromatic carbocycles. The Kier molecular flexibility index (Phi) is 5.22. The van der Waals surface area contributed by atoms with Crippen LogP contribution in [0.4, 0.5) is 19.0 Å². The number of hydrogen-bond acceptors (Lipinski definition) is 6. The zero-order valence-corrected chi connectivity index (χ0v) is 17.8. The Morgan fingerprint density at radius 3 is 2.45 bits per heavy atom. The van der Waals surface area contributed by atoms with Gasteiger partial charge in [0.05, 0.1) is 30.0 Å². The highest BCUT2D eigenvalue weighted by molar-refractivity contribution is 6.00. The lowest BCUT2D eigenvalue weighted by molar-refractivity contribution is -0.141. The molecule has 1 amide bonds. The van der Waals surface area contributed by atoms with Gasteiger partial charge in [-0.25, -0.2) is 19.9 Å². The minimum absolute atomic E-state index is 0.0566. The second kappa shape index (κ2) is 8.09. The van der Waals surface area contributed by atoms with Crippen LogP contribution in [0, 0.1) is 5.92 Å². The molecule has 2 aromatic heterocycles. The van der Waals surface area contributed by atoms with Gasteiger partial charge in [-0.3, -0.25) is 4.79 Å². The molecule has 2 bridgehead atoms. The second-order valence-electron chi connectivity index (χ2n) is 8.42. The summed E-state index contributed by atoms with van der Waals surface area (Å²) in [5.74, 6) is 1.07. The smallest absolute Gasteiger partial charge is 0.353 e. The molecule has 0 N–H and O–H groups in total. The monoisotopic (exact) mass is 454 g/mol. The van der Waals surface area contributed by atoms with Gasteiger partial charge in [0, 0.05) is 31.5 Å². The topological polar surface area (TPSA) is 75.1 Å². The molecule has 5 rings (SSSR count). The summed E-state index contributed by atoms with van der Waals surface area (Å²) in [5, 5.41) is 0. The van der Waals surface area contributed by atoms with Crippen LogP contribution in [0.1, 0.15) is 28.9 Å². The number of likely N-dealkylation sites (tertiary alicyclic amines) is 1. The van der Waals surface area contributed by atoms with Crippen LogP contribution in [0.15, 0.2) is 55.1 Å². The molecule has 1 saturated heterocycles. The van der Waals surface area contributed by atoms with Crippen LogP contribution in [-0.4, -0.2) is 56.4 Å². The van der Waals surface area contributed by atoms with E-state index >= 15 is 0 Å². The van der Waals surface area contributed by atoms with Crippen molar-refractivity contribution in [2.24, 2.45) is 5.92 Å². The highest BCUT2D eigenvalue weighted by Gasteiger charge is 2.49. The standard InChI is InChI=1S/C23H21F3N6O/c1-31(20-12-29-19(11-30-20)23(24,25)26)17-9-14-10-18(17)32(13-14)22(33)16-6-3-2-5-15(16)21-27-7-4-8-28-21/h2-8,11-12,14,17-18H,9-10,13H2,1H3/t14-,17-,18+/m1/s1. The fourth-order valence-corrected chi connectivity index (χ4v) is 4.92. The molecule has 1 aliphatic carbocycles. The number of aromatic nitrogens is 4. The average Bonchev–Trinajstić information content (AvgIpc) is 3.45. The molecule has 33 heavy (non-hydrogen) atoms. The van der Waals surface area contributed by atoms with E-state index in [0.29, 0.717) is 35.2 Å². The van der Waals surface area contributed by atoms with E-state index in [-0.39, 0.29) is 18.0 Å². The molecule has 0 unspecified atom stereocenters. The number of alkyl halides is 3. The molecule has 1 aliphatic heterocycles. The number of benzene rings is 1. The van der Waals surface area contributed by atoms with Crippen LogP contribution in [0.3, 0.4) is 0 Å². The Morgan fingerprint density at radius 1 is 1.03 bits per heavy atom. The molecule has 0 radical (unpaired) electrons. The number of likely N-dealkylation sites (N-methyl/N-ethyl adjacent to an activating group) is 1. The van der Waals surface area contributed by atoms with Gasteiger partial charge in [0.1, 0.15) is 5.82 Å². The Hall–Kier alpha value is -3.56. The van der Waals surface area contributed by atoms with E-state index in [4.69, 9.17) is 0 Å². The lowest BCUT2D eigenvalue weighted by Crippen LogP contribution is -2.51. The number of carbonyl (C=O) groups excluding carboxylic acids is 1. The molecule has 2 aliphatic rings. The van der Waals surface area contributed by atoms with Gasteiger partial charge in [-0.1, -0.05) is 18.2 Å². The third-order valence-electron chi connectivity index (χ3n) is 6.46. The lowest BCUT2D eigenvalue weighted by atomic mass is 10.0. The van der Waals surface area contributed by atoms with Gasteiger partial charge in [-0.05, 0) is 30.9 Å². The summed E-state index contributed by atoms with van der Waals surface area (Å²) < 4.78 is 38.5. The van der Waals surface area contributed by atoms with Crippen LogP contribution in [0.5, 0.6) is 0 Å². The summed E-state index contributed by atoms with van der Waals surface area (Å²) in [6.07, 6.45) is 2.32. The third-order valence-corrected chi connectivity index (χ3v) is 6.46. The Labute approximate surface area is 188 Å². The highest BCUT2D eigenvalue weighted by atomic mass is 19.4. The van der Waals surface area contributed by atoms with Gasteiger partial charge in [-0.15, -0.1) is 0 Å². The summed E-state index contributed by atoms with van der Waals surface area (Å²) in [4.78, 5) is 33.4. The van der Waals surface area contributed by atoms with Crippen molar-refractivity contribution in [1.82, 2.24) is 24.8 Å². The molecular weight excluding hydrogens is 433 g/mol. The van der Waals surface area contributed by atoms with Crippen molar-refractivity contribution >= 4 is 11.7 Å². The molecule has 0 spiro atoms. The molecule has 7 nitrogen and oxygen atoms in total. The van der Waals surface area contributed by atoms with Gasteiger partial charge < -0.3 is 9.80 Å². The van der Waals surface area contributed by atoms with Crippen molar-refractivity contribution in [3.63, 3.8) is 0 Å². The van der Waals surface area contributed by atoms with Crippen molar-refractivity contribution in [3.8, 4) is 11.4 Å². The Balaban J connectivity index is 1.39. The van der Waals surface area contributed by atoms with E-state index in [0.717, 1.165) is 25.2 Å². The quantitative estimate of drug-likeness (QED) is 0.599. The molecule has 2 fully saturated rings. The van der Waals surface area contributed by atoms with Crippen molar-refractivity contribution in [1.29, 1.82) is 0 Å². The zero-order chi connectivity index (χ0) is 23.2. The first-order chi connectivity index (χ1) is 15.8. The summed E-state index contributed by atoms with van der Waals surface area (Å²) in [6.45, 7) is 0.649. The maximum atomic E-state index is 13.6. The van der Waals surface area contributed by atoms with E-state index in [1.165, 1.54) is 0 Å². The largest absolute Gasteiger partial charge is 0.434 e. The number of amides is 1. The predicted molar refractivity (Wildman–Crippen MR) is 114 cm³/mol. The zero-order valence-electron chi connectivity index (χ0n) is 17.8. The van der Waals surface area contributed by atoms with Gasteiger partial charge in [0.15, 0.2) is 11.5 Å². The molecular formula is C23H21F3N6O. The van der Waals surface area contributed by atoms with Crippen LogP contribution < -0.4 is 4.90 Å². The van der Waals surface area contributed by atoms with Crippen LogP contribution >= 0.6 is 0 Å². The van der Waals surface area contributed by atoms with Crippen LogP contribution in [-0.2, 0) is 6.18 Å². The number of piperidine rings is 1. The average molecular weight is 454 g/mol. The van der Waals surface area contributed by atoms with Gasteiger partial charge in [0.2, 0.25) is 0 Å². The van der Waals surface area contributed by atoms with Crippen LogP contribution in [0.25, 0.3) is 11.4 Å². The number of carbonyl (C=O) groups is 1. The predicted octanol–water partition coefficient (Wildman–Crippen LogP) is 3.69. The molecule has 3 heterocycles. The summed E-state index contributed by atoms with van der Waals surface area (Å²) >= 11 is 0. The fraction of sp³-hybridized carbons (Fsp3) is 0.348. The van der Waals surface area contributed by atoms with Gasteiger partial charge in [-0.2, -0.15) is 13.2 Å². The van der Waals surface area contributed by atoms with E-state index in [2.05, 4.69) is 19.9 Å². The SMILES string of the molecule is CN(c1cnc(C(F)(F)F)cn1)[C@@H]1C[C@@H]2C[C@@H]1N(C(=O)c1ccccc1-c1ncccn1)C2. The van der Waals surface area contributed by atoms with Gasteiger partial charge in [0.25, 0.3) is 5.91 Å². The van der Waals surface area contributed by atoms with Crippen molar-refractivity contribution in [2.75, 3.05) is 18.5 Å². The first-order valence-corrected chi connectivity index (χ1v) is 10.6. The van der Waals surface area contributed by atoms with Crippen LogP contribution in [0.2, 0.25) is 0 Å².